The Morgan fingerprint density at radius 3 is 2.12 bits per heavy atom. The van der Waals surface area contributed by atoms with Crippen molar-refractivity contribution >= 4 is 11.9 Å². The molecule has 6 heteroatoms. The van der Waals surface area contributed by atoms with Crippen molar-refractivity contribution in [2.75, 3.05) is 11.5 Å². The van der Waals surface area contributed by atoms with Crippen molar-refractivity contribution in [1.29, 1.82) is 0 Å². The van der Waals surface area contributed by atoms with E-state index in [-0.39, 0.29) is 28.4 Å². The maximum Gasteiger partial charge on any atom is 0.241 e. The van der Waals surface area contributed by atoms with Crippen LogP contribution < -0.4 is 11.5 Å². The first-order chi connectivity index (χ1) is 3.29. The zero-order valence-corrected chi connectivity index (χ0v) is 4.85. The van der Waals surface area contributed by atoms with Gasteiger partial charge in [-0.15, -0.1) is 5.10 Å². The summed E-state index contributed by atoms with van der Waals surface area (Å²) in [5, 5.41) is 5.79. The van der Waals surface area contributed by atoms with E-state index in [0.717, 1.165) is 0 Å². The van der Waals surface area contributed by atoms with E-state index in [0.29, 0.717) is 0 Å². The second-order valence-corrected chi connectivity index (χ2v) is 1.08. The number of H-pyrrole nitrogens is 1. The van der Waals surface area contributed by atoms with Gasteiger partial charge in [0, 0.05) is 16.5 Å². The van der Waals surface area contributed by atoms with E-state index in [1.807, 2.05) is 0 Å². The maximum atomic E-state index is 5.07. The van der Waals surface area contributed by atoms with Gasteiger partial charge in [-0.1, -0.05) is 0 Å². The molecule has 0 saturated heterocycles. The summed E-state index contributed by atoms with van der Waals surface area (Å²) in [4.78, 5) is 3.50. The third-order valence-electron chi connectivity index (χ3n) is 0.520. The standard InChI is InChI=1S/C2H5N5.Ni/c3-1-5-2(4)7-6-1;/h(H5,3,4,5,6,7);. The number of nitrogens with zero attached hydrogens (tertiary/aromatic N) is 2. The molecule has 0 aromatic carbocycles. The zero-order chi connectivity index (χ0) is 5.28. The van der Waals surface area contributed by atoms with Crippen LogP contribution in [-0.4, -0.2) is 15.2 Å². The molecule has 5 N–H and O–H groups in total. The van der Waals surface area contributed by atoms with E-state index in [2.05, 4.69) is 15.2 Å². The van der Waals surface area contributed by atoms with Crippen molar-refractivity contribution in [3.63, 3.8) is 0 Å². The number of aromatic amines is 1. The summed E-state index contributed by atoms with van der Waals surface area (Å²) < 4.78 is 0. The van der Waals surface area contributed by atoms with Crippen molar-refractivity contribution in [3.05, 3.63) is 0 Å². The minimum atomic E-state index is 0. The predicted molar refractivity (Wildman–Crippen MR) is 25.2 cm³/mol. The van der Waals surface area contributed by atoms with Crippen LogP contribution in [0.4, 0.5) is 11.9 Å². The Kier molecular flexibility index (Phi) is 2.28. The molecule has 1 heterocycles. The molecule has 0 spiro atoms. The smallest absolute Gasteiger partial charge is 0.241 e. The molecule has 0 fully saturated rings. The van der Waals surface area contributed by atoms with E-state index in [1.54, 1.807) is 0 Å². The first kappa shape index (κ1) is 7.23. The molecule has 0 bridgehead atoms. The van der Waals surface area contributed by atoms with Gasteiger partial charge >= 0.3 is 0 Å². The summed E-state index contributed by atoms with van der Waals surface area (Å²) in [6, 6.07) is 0. The second-order valence-electron chi connectivity index (χ2n) is 1.08. The van der Waals surface area contributed by atoms with E-state index in [9.17, 15) is 0 Å². The third-order valence-corrected chi connectivity index (χ3v) is 0.520. The van der Waals surface area contributed by atoms with Gasteiger partial charge in [-0.3, -0.25) is 0 Å². The SMILES string of the molecule is Nc1n[nH]c(N)n1.[Ni]. The quantitative estimate of drug-likeness (QED) is 0.420. The van der Waals surface area contributed by atoms with Crippen molar-refractivity contribution < 1.29 is 16.5 Å². The Morgan fingerprint density at radius 1 is 1.38 bits per heavy atom. The van der Waals surface area contributed by atoms with Crippen LogP contribution >= 0.6 is 0 Å². The first-order valence-electron chi connectivity index (χ1n) is 1.72. The van der Waals surface area contributed by atoms with Crippen LogP contribution in [0.3, 0.4) is 0 Å². The summed E-state index contributed by atoms with van der Waals surface area (Å²) in [5.74, 6) is 0.426. The normalized spacial score (nSPS) is 8.00. The van der Waals surface area contributed by atoms with Crippen LogP contribution in [0.2, 0.25) is 0 Å². The number of aromatic nitrogens is 3. The Morgan fingerprint density at radius 2 is 2.00 bits per heavy atom. The molecular formula is C2H5N5Ni. The second kappa shape index (κ2) is 2.52. The van der Waals surface area contributed by atoms with E-state index >= 15 is 0 Å². The van der Waals surface area contributed by atoms with Gasteiger partial charge in [0.25, 0.3) is 0 Å². The van der Waals surface area contributed by atoms with Crippen LogP contribution in [0.15, 0.2) is 0 Å². The van der Waals surface area contributed by atoms with Gasteiger partial charge in [-0.2, -0.15) is 4.98 Å². The Balaban J connectivity index is 0.000000490. The number of rotatable bonds is 0. The number of anilines is 2. The van der Waals surface area contributed by atoms with Crippen molar-refractivity contribution in [2.24, 2.45) is 0 Å². The molecule has 0 saturated carbocycles. The van der Waals surface area contributed by atoms with E-state index in [1.165, 1.54) is 0 Å². The van der Waals surface area contributed by atoms with Crippen LogP contribution in [0.1, 0.15) is 0 Å². The molecule has 1 rings (SSSR count). The van der Waals surface area contributed by atoms with E-state index < -0.39 is 0 Å². The van der Waals surface area contributed by atoms with Gasteiger partial charge in [0.2, 0.25) is 11.9 Å². The number of nitrogens with two attached hydrogens (primary N) is 2. The third kappa shape index (κ3) is 1.38. The fraction of sp³-hybridized carbons (Fsp3) is 0. The monoisotopic (exact) mass is 157 g/mol. The molecule has 0 aliphatic heterocycles. The number of nitrogens with one attached hydrogen (secondary N) is 1. The molecule has 0 atom stereocenters. The van der Waals surface area contributed by atoms with Crippen molar-refractivity contribution in [1.82, 2.24) is 15.2 Å². The molecule has 0 aliphatic carbocycles. The van der Waals surface area contributed by atoms with Gasteiger partial charge < -0.3 is 11.5 Å². The molecule has 8 heavy (non-hydrogen) atoms. The minimum absolute atomic E-state index is 0. The maximum absolute atomic E-state index is 5.07. The van der Waals surface area contributed by atoms with Crippen molar-refractivity contribution in [3.8, 4) is 0 Å². The average molecular weight is 158 g/mol. The summed E-state index contributed by atoms with van der Waals surface area (Å²) in [7, 11) is 0. The summed E-state index contributed by atoms with van der Waals surface area (Å²) in [6.45, 7) is 0. The molecule has 0 amide bonds. The molecule has 1 aromatic heterocycles. The fourth-order valence-corrected chi connectivity index (χ4v) is 0.288. The Bertz CT molecular complexity index is 143. The minimum Gasteiger partial charge on any atom is -0.368 e. The summed E-state index contributed by atoms with van der Waals surface area (Å²) in [6.07, 6.45) is 0. The summed E-state index contributed by atoms with van der Waals surface area (Å²) >= 11 is 0. The topological polar surface area (TPSA) is 93.6 Å². The first-order valence-corrected chi connectivity index (χ1v) is 1.72. The van der Waals surface area contributed by atoms with Crippen molar-refractivity contribution in [2.45, 2.75) is 0 Å². The number of nitrogen functional groups attached to an aromatic ring is 2. The Hall–Kier alpha value is -0.766. The summed E-state index contributed by atoms with van der Waals surface area (Å²) in [5.41, 5.74) is 10.1. The van der Waals surface area contributed by atoms with Gasteiger partial charge in [0.1, 0.15) is 0 Å². The Labute approximate surface area is 55.8 Å². The van der Waals surface area contributed by atoms with Crippen LogP contribution in [0.5, 0.6) is 0 Å². The van der Waals surface area contributed by atoms with E-state index in [4.69, 9.17) is 11.5 Å². The molecule has 1 aromatic rings. The molecule has 0 unspecified atom stereocenters. The molecular weight excluding hydrogens is 153 g/mol. The average Bonchev–Trinajstić information content (AvgIpc) is 1.87. The molecule has 5 nitrogen and oxygen atoms in total. The largest absolute Gasteiger partial charge is 0.368 e. The molecule has 0 aliphatic rings. The van der Waals surface area contributed by atoms with Gasteiger partial charge in [0.15, 0.2) is 0 Å². The van der Waals surface area contributed by atoms with Gasteiger partial charge in [0.05, 0.1) is 0 Å². The number of hydrogen-bond acceptors (Lipinski definition) is 4. The molecule has 48 valence electrons. The van der Waals surface area contributed by atoms with Crippen LogP contribution in [0, 0.1) is 0 Å². The van der Waals surface area contributed by atoms with Gasteiger partial charge in [-0.25, -0.2) is 5.10 Å². The zero-order valence-electron chi connectivity index (χ0n) is 3.87. The fourth-order valence-electron chi connectivity index (χ4n) is 0.288. The van der Waals surface area contributed by atoms with Crippen LogP contribution in [-0.2, 0) is 16.5 Å². The van der Waals surface area contributed by atoms with Crippen LogP contribution in [0.25, 0.3) is 0 Å². The number of hydrogen-bond donors (Lipinski definition) is 3. The predicted octanol–water partition coefficient (Wildman–Crippen LogP) is -1.03. The molecule has 0 radical (unpaired) electrons. The van der Waals surface area contributed by atoms with Gasteiger partial charge in [-0.05, 0) is 0 Å².